The first-order valence-electron chi connectivity index (χ1n) is 5.26. The van der Waals surface area contributed by atoms with Gasteiger partial charge in [-0.3, -0.25) is 4.79 Å². The predicted molar refractivity (Wildman–Crippen MR) is 53.5 cm³/mol. The van der Waals surface area contributed by atoms with Gasteiger partial charge in [-0.15, -0.1) is 0 Å². The molecule has 0 aromatic rings. The number of carboxylic acid groups (broad SMARTS) is 1. The third-order valence-corrected chi connectivity index (χ3v) is 2.43. The molecule has 86 valence electrons. The number of hydrogen-bond donors (Lipinski definition) is 1. The van der Waals surface area contributed by atoms with Gasteiger partial charge in [-0.25, -0.2) is 4.79 Å². The molecule has 0 aliphatic carbocycles. The molecular weight excluding hydrogens is 198 g/mol. The molecular formula is C10H17NO4. The van der Waals surface area contributed by atoms with Crippen LogP contribution in [0.3, 0.4) is 0 Å². The zero-order valence-corrected chi connectivity index (χ0v) is 8.94. The second kappa shape index (κ2) is 5.70. The molecule has 0 aromatic carbocycles. The monoisotopic (exact) mass is 215 g/mol. The fraction of sp³-hybridized carbons (Fsp3) is 0.800. The topological polar surface area (TPSA) is 66.8 Å². The van der Waals surface area contributed by atoms with Gasteiger partial charge in [0.1, 0.15) is 12.6 Å². The molecule has 1 atom stereocenters. The highest BCUT2D eigenvalue weighted by atomic mass is 16.5. The molecule has 0 bridgehead atoms. The van der Waals surface area contributed by atoms with Crippen LogP contribution >= 0.6 is 0 Å². The lowest BCUT2D eigenvalue weighted by Gasteiger charge is -2.21. The summed E-state index contributed by atoms with van der Waals surface area (Å²) in [5.41, 5.74) is 0. The highest BCUT2D eigenvalue weighted by Crippen LogP contribution is 2.17. The van der Waals surface area contributed by atoms with E-state index in [0.717, 1.165) is 12.8 Å². The molecule has 1 fully saturated rings. The van der Waals surface area contributed by atoms with E-state index in [-0.39, 0.29) is 12.5 Å². The van der Waals surface area contributed by atoms with Gasteiger partial charge in [0, 0.05) is 13.2 Å². The summed E-state index contributed by atoms with van der Waals surface area (Å²) in [6.45, 7) is 3.03. The summed E-state index contributed by atoms with van der Waals surface area (Å²) < 4.78 is 5.10. The summed E-state index contributed by atoms with van der Waals surface area (Å²) in [5.74, 6) is -1.13. The second-order valence-corrected chi connectivity index (χ2v) is 3.64. The zero-order chi connectivity index (χ0) is 11.3. The van der Waals surface area contributed by atoms with Gasteiger partial charge >= 0.3 is 5.97 Å². The van der Waals surface area contributed by atoms with Crippen LogP contribution < -0.4 is 0 Å². The number of carbonyl (C=O) groups is 2. The molecule has 15 heavy (non-hydrogen) atoms. The van der Waals surface area contributed by atoms with Crippen molar-refractivity contribution in [3.8, 4) is 0 Å². The Kier molecular flexibility index (Phi) is 4.55. The smallest absolute Gasteiger partial charge is 0.326 e. The first-order chi connectivity index (χ1) is 7.16. The number of amides is 1. The molecule has 1 aliphatic rings. The minimum Gasteiger partial charge on any atom is -0.480 e. The Labute approximate surface area is 89.0 Å². The van der Waals surface area contributed by atoms with Crippen LogP contribution in [0.25, 0.3) is 0 Å². The van der Waals surface area contributed by atoms with E-state index in [1.165, 1.54) is 4.90 Å². The van der Waals surface area contributed by atoms with Crippen LogP contribution in [-0.2, 0) is 14.3 Å². The van der Waals surface area contributed by atoms with Crippen LogP contribution in [-0.4, -0.2) is 47.7 Å². The van der Waals surface area contributed by atoms with Crippen molar-refractivity contribution in [2.75, 3.05) is 19.8 Å². The van der Waals surface area contributed by atoms with Crippen molar-refractivity contribution >= 4 is 11.9 Å². The number of nitrogens with zero attached hydrogens (tertiary/aromatic N) is 1. The average molecular weight is 215 g/mol. The quantitative estimate of drug-likeness (QED) is 0.678. The highest BCUT2D eigenvalue weighted by molar-refractivity contribution is 5.84. The Bertz CT molecular complexity index is 242. The molecule has 1 N–H and O–H groups in total. The van der Waals surface area contributed by atoms with Gasteiger partial charge in [-0.1, -0.05) is 6.92 Å². The second-order valence-electron chi connectivity index (χ2n) is 3.64. The van der Waals surface area contributed by atoms with Crippen molar-refractivity contribution in [2.45, 2.75) is 32.2 Å². The predicted octanol–water partition coefficient (Wildman–Crippen LogP) is 0.489. The maximum atomic E-state index is 11.6. The van der Waals surface area contributed by atoms with Gasteiger partial charge in [0.05, 0.1) is 0 Å². The standard InChI is InChI=1S/C10H17NO4/c1-2-6-15-7-9(12)11-5-3-4-8(11)10(13)14/h8H,2-7H2,1H3,(H,13,14). The number of hydrogen-bond acceptors (Lipinski definition) is 3. The third-order valence-electron chi connectivity index (χ3n) is 2.43. The van der Waals surface area contributed by atoms with Crippen molar-refractivity contribution in [1.29, 1.82) is 0 Å². The Morgan fingerprint density at radius 1 is 1.53 bits per heavy atom. The van der Waals surface area contributed by atoms with E-state index in [0.29, 0.717) is 19.6 Å². The lowest BCUT2D eigenvalue weighted by Crippen LogP contribution is -2.42. The molecule has 1 unspecified atom stereocenters. The number of ether oxygens (including phenoxy) is 1. The molecule has 1 saturated heterocycles. The van der Waals surface area contributed by atoms with Gasteiger partial charge in [0.25, 0.3) is 0 Å². The third kappa shape index (κ3) is 3.20. The summed E-state index contributed by atoms with van der Waals surface area (Å²) in [7, 11) is 0. The van der Waals surface area contributed by atoms with Gasteiger partial charge in [-0.2, -0.15) is 0 Å². The van der Waals surface area contributed by atoms with Crippen LogP contribution in [0.15, 0.2) is 0 Å². The van der Waals surface area contributed by atoms with Crippen LogP contribution in [0.4, 0.5) is 0 Å². The van der Waals surface area contributed by atoms with E-state index >= 15 is 0 Å². The van der Waals surface area contributed by atoms with E-state index < -0.39 is 12.0 Å². The van der Waals surface area contributed by atoms with Gasteiger partial charge in [0.15, 0.2) is 0 Å². The number of likely N-dealkylation sites (tertiary alicyclic amines) is 1. The zero-order valence-electron chi connectivity index (χ0n) is 8.94. The minimum absolute atomic E-state index is 0.00236. The normalized spacial score (nSPS) is 20.6. The minimum atomic E-state index is -0.920. The largest absolute Gasteiger partial charge is 0.480 e. The number of rotatable bonds is 5. The Hall–Kier alpha value is -1.10. The first kappa shape index (κ1) is 12.0. The number of carboxylic acids is 1. The van der Waals surface area contributed by atoms with Crippen LogP contribution in [0.5, 0.6) is 0 Å². The lowest BCUT2D eigenvalue weighted by molar-refractivity contribution is -0.150. The summed E-state index contributed by atoms with van der Waals surface area (Å²) in [5, 5.41) is 8.87. The van der Waals surface area contributed by atoms with E-state index in [1.54, 1.807) is 0 Å². The van der Waals surface area contributed by atoms with Gasteiger partial charge < -0.3 is 14.7 Å². The molecule has 0 saturated carbocycles. The fourth-order valence-corrected chi connectivity index (χ4v) is 1.71. The van der Waals surface area contributed by atoms with E-state index in [1.807, 2.05) is 6.92 Å². The van der Waals surface area contributed by atoms with Crippen molar-refractivity contribution in [3.05, 3.63) is 0 Å². The summed E-state index contributed by atoms with van der Waals surface area (Å²) in [6, 6.07) is -0.650. The van der Waals surface area contributed by atoms with E-state index in [4.69, 9.17) is 9.84 Å². The Morgan fingerprint density at radius 2 is 2.27 bits per heavy atom. The average Bonchev–Trinajstić information content (AvgIpc) is 2.66. The summed E-state index contributed by atoms with van der Waals surface area (Å²) in [4.78, 5) is 23.8. The van der Waals surface area contributed by atoms with Crippen molar-refractivity contribution in [2.24, 2.45) is 0 Å². The van der Waals surface area contributed by atoms with Crippen LogP contribution in [0.2, 0.25) is 0 Å². The Balaban J connectivity index is 2.40. The van der Waals surface area contributed by atoms with Crippen LogP contribution in [0.1, 0.15) is 26.2 Å². The maximum absolute atomic E-state index is 11.6. The van der Waals surface area contributed by atoms with Gasteiger partial charge in [-0.05, 0) is 19.3 Å². The molecule has 0 aromatic heterocycles. The first-order valence-corrected chi connectivity index (χ1v) is 5.26. The maximum Gasteiger partial charge on any atom is 0.326 e. The highest BCUT2D eigenvalue weighted by Gasteiger charge is 2.33. The van der Waals surface area contributed by atoms with Crippen molar-refractivity contribution in [1.82, 2.24) is 4.90 Å². The van der Waals surface area contributed by atoms with E-state index in [2.05, 4.69) is 0 Å². The molecule has 1 heterocycles. The summed E-state index contributed by atoms with van der Waals surface area (Å²) in [6.07, 6.45) is 2.17. The number of aliphatic carboxylic acids is 1. The molecule has 1 rings (SSSR count). The van der Waals surface area contributed by atoms with Crippen molar-refractivity contribution < 1.29 is 19.4 Å². The molecule has 0 spiro atoms. The van der Waals surface area contributed by atoms with Crippen molar-refractivity contribution in [3.63, 3.8) is 0 Å². The molecule has 1 aliphatic heterocycles. The van der Waals surface area contributed by atoms with E-state index in [9.17, 15) is 9.59 Å². The lowest BCUT2D eigenvalue weighted by atomic mass is 10.2. The summed E-state index contributed by atoms with van der Waals surface area (Å²) >= 11 is 0. The molecule has 5 nitrogen and oxygen atoms in total. The van der Waals surface area contributed by atoms with Crippen LogP contribution in [0, 0.1) is 0 Å². The Morgan fingerprint density at radius 3 is 2.87 bits per heavy atom. The van der Waals surface area contributed by atoms with Gasteiger partial charge in [0.2, 0.25) is 5.91 Å². The number of carbonyl (C=O) groups excluding carboxylic acids is 1. The SMILES string of the molecule is CCCOCC(=O)N1CCCC1C(=O)O. The molecule has 1 amide bonds. The fourth-order valence-electron chi connectivity index (χ4n) is 1.71. The molecule has 5 heteroatoms. The molecule has 0 radical (unpaired) electrons.